The molecule has 0 spiro atoms. The maximum Gasteiger partial charge on any atom is 0.243 e. The van der Waals surface area contributed by atoms with E-state index in [9.17, 15) is 5.11 Å². The molecule has 2 aromatic rings. The van der Waals surface area contributed by atoms with Crippen LogP contribution in [0.3, 0.4) is 0 Å². The van der Waals surface area contributed by atoms with Gasteiger partial charge in [0.05, 0.1) is 5.69 Å². The number of anilines is 1. The maximum absolute atomic E-state index is 10.0. The van der Waals surface area contributed by atoms with Crippen LogP contribution in [-0.4, -0.2) is 32.4 Å². The molecule has 0 unspecified atom stereocenters. The molecule has 4 N–H and O–H groups in total. The number of aryl methyl sites for hydroxylation is 1. The van der Waals surface area contributed by atoms with E-state index in [0.717, 1.165) is 19.3 Å². The molecule has 0 amide bonds. The van der Waals surface area contributed by atoms with Crippen LogP contribution in [-0.2, 0) is 0 Å². The second-order valence-electron chi connectivity index (χ2n) is 5.93. The molecule has 0 bridgehead atoms. The van der Waals surface area contributed by atoms with Gasteiger partial charge in [-0.15, -0.1) is 10.2 Å². The van der Waals surface area contributed by atoms with Crippen LogP contribution in [0.15, 0.2) is 18.2 Å². The van der Waals surface area contributed by atoms with Gasteiger partial charge in [-0.25, -0.2) is 4.98 Å². The minimum atomic E-state index is 0.0618. The fraction of sp³-hybridized carbons (Fsp3) is 0.438. The lowest BCUT2D eigenvalue weighted by atomic mass is 9.91. The molecule has 1 aliphatic rings. The number of nitrogens with zero attached hydrogens (tertiary/aromatic N) is 3. The van der Waals surface area contributed by atoms with Crippen molar-refractivity contribution < 1.29 is 5.11 Å². The number of hydrogen-bond acceptors (Lipinski definition) is 6. The van der Waals surface area contributed by atoms with Crippen LogP contribution >= 0.6 is 11.6 Å². The minimum Gasteiger partial charge on any atom is -0.507 e. The lowest BCUT2D eigenvalue weighted by Crippen LogP contribution is -2.43. The average molecular weight is 334 g/mol. The Morgan fingerprint density at radius 1 is 1.26 bits per heavy atom. The van der Waals surface area contributed by atoms with Crippen molar-refractivity contribution in [3.8, 4) is 17.0 Å². The summed E-state index contributed by atoms with van der Waals surface area (Å²) in [7, 11) is 0. The molecule has 1 aromatic heterocycles. The van der Waals surface area contributed by atoms with Crippen molar-refractivity contribution in [1.82, 2.24) is 15.2 Å². The van der Waals surface area contributed by atoms with E-state index in [1.165, 1.54) is 12.5 Å². The van der Waals surface area contributed by atoms with E-state index in [-0.39, 0.29) is 17.8 Å². The zero-order chi connectivity index (χ0) is 16.4. The van der Waals surface area contributed by atoms with Gasteiger partial charge in [-0.05, 0) is 38.0 Å². The van der Waals surface area contributed by atoms with E-state index in [1.54, 1.807) is 12.1 Å². The Labute approximate surface area is 140 Å². The Balaban J connectivity index is 1.83. The van der Waals surface area contributed by atoms with Gasteiger partial charge < -0.3 is 16.2 Å². The van der Waals surface area contributed by atoms with Crippen molar-refractivity contribution >= 4 is 17.5 Å². The molecule has 6 nitrogen and oxygen atoms in total. The number of phenols is 1. The molecule has 23 heavy (non-hydrogen) atoms. The fourth-order valence-corrected chi connectivity index (χ4v) is 3.09. The topological polar surface area (TPSA) is 97.0 Å². The quantitative estimate of drug-likeness (QED) is 0.799. The number of halogens is 1. The van der Waals surface area contributed by atoms with E-state index in [4.69, 9.17) is 17.3 Å². The predicted octanol–water partition coefficient (Wildman–Crippen LogP) is 2.89. The molecule has 0 aliphatic heterocycles. The number of nitrogens with two attached hydrogens (primary N) is 1. The Morgan fingerprint density at radius 3 is 2.74 bits per heavy atom. The van der Waals surface area contributed by atoms with Crippen molar-refractivity contribution in [2.45, 2.75) is 44.7 Å². The standard InChI is InChI=1S/C16H20ClN5O/c1-9-15(11-7-6-10(17)8-14(11)23)21-22-16(19-9)20-13-5-3-2-4-12(13)18/h6-8,12-13,23H,2-5,18H2,1H3,(H,19,20,22)/t12-,13-/m1/s1. The molecule has 1 aliphatic carbocycles. The van der Waals surface area contributed by atoms with Crippen molar-refractivity contribution in [2.24, 2.45) is 5.73 Å². The van der Waals surface area contributed by atoms with Gasteiger partial charge in [-0.1, -0.05) is 24.4 Å². The summed E-state index contributed by atoms with van der Waals surface area (Å²) in [6, 6.07) is 5.18. The molecule has 122 valence electrons. The van der Waals surface area contributed by atoms with Gasteiger partial charge in [0, 0.05) is 22.7 Å². The molecule has 1 heterocycles. The third-order valence-electron chi connectivity index (χ3n) is 4.21. The fourth-order valence-electron chi connectivity index (χ4n) is 2.92. The highest BCUT2D eigenvalue weighted by molar-refractivity contribution is 6.30. The van der Waals surface area contributed by atoms with Gasteiger partial charge >= 0.3 is 0 Å². The van der Waals surface area contributed by atoms with E-state index >= 15 is 0 Å². The molecular weight excluding hydrogens is 314 g/mol. The number of phenolic OH excluding ortho intramolecular Hbond substituents is 1. The molecule has 1 fully saturated rings. The van der Waals surface area contributed by atoms with Gasteiger partial charge in [0.2, 0.25) is 5.95 Å². The van der Waals surface area contributed by atoms with Crippen molar-refractivity contribution in [3.63, 3.8) is 0 Å². The number of benzene rings is 1. The summed E-state index contributed by atoms with van der Waals surface area (Å²) in [6.45, 7) is 1.84. The zero-order valence-corrected chi connectivity index (χ0v) is 13.7. The second-order valence-corrected chi connectivity index (χ2v) is 6.37. The van der Waals surface area contributed by atoms with Crippen LogP contribution in [0.5, 0.6) is 5.75 Å². The molecule has 1 saturated carbocycles. The summed E-state index contributed by atoms with van der Waals surface area (Å²) in [4.78, 5) is 4.46. The molecule has 1 aromatic carbocycles. The summed E-state index contributed by atoms with van der Waals surface area (Å²) in [5.41, 5.74) is 7.92. The molecule has 0 radical (unpaired) electrons. The van der Waals surface area contributed by atoms with Crippen LogP contribution in [0.4, 0.5) is 5.95 Å². The van der Waals surface area contributed by atoms with E-state index in [0.29, 0.717) is 27.9 Å². The van der Waals surface area contributed by atoms with E-state index < -0.39 is 0 Å². The molecule has 7 heteroatoms. The Hall–Kier alpha value is -1.92. The third-order valence-corrected chi connectivity index (χ3v) is 4.44. The van der Waals surface area contributed by atoms with Crippen molar-refractivity contribution in [1.29, 1.82) is 0 Å². The first-order chi connectivity index (χ1) is 11.0. The van der Waals surface area contributed by atoms with Crippen LogP contribution in [0, 0.1) is 6.92 Å². The summed E-state index contributed by atoms with van der Waals surface area (Å²) < 4.78 is 0. The number of nitrogens with one attached hydrogen (secondary N) is 1. The number of hydrogen-bond donors (Lipinski definition) is 3. The summed E-state index contributed by atoms with van der Waals surface area (Å²) in [6.07, 6.45) is 4.37. The van der Waals surface area contributed by atoms with Gasteiger partial charge in [0.25, 0.3) is 0 Å². The largest absolute Gasteiger partial charge is 0.507 e. The number of rotatable bonds is 3. The highest BCUT2D eigenvalue weighted by Gasteiger charge is 2.23. The van der Waals surface area contributed by atoms with Gasteiger partial charge in [-0.2, -0.15) is 0 Å². The van der Waals surface area contributed by atoms with Gasteiger partial charge in [0.1, 0.15) is 11.4 Å². The zero-order valence-electron chi connectivity index (χ0n) is 13.0. The molecule has 0 saturated heterocycles. The monoisotopic (exact) mass is 333 g/mol. The summed E-state index contributed by atoms with van der Waals surface area (Å²) >= 11 is 5.86. The predicted molar refractivity (Wildman–Crippen MR) is 90.5 cm³/mol. The van der Waals surface area contributed by atoms with E-state index in [2.05, 4.69) is 20.5 Å². The molecular formula is C16H20ClN5O. The van der Waals surface area contributed by atoms with Gasteiger partial charge in [-0.3, -0.25) is 0 Å². The van der Waals surface area contributed by atoms with E-state index in [1.807, 2.05) is 6.92 Å². The van der Waals surface area contributed by atoms with Crippen LogP contribution < -0.4 is 11.1 Å². The smallest absolute Gasteiger partial charge is 0.243 e. The molecule has 2 atom stereocenters. The minimum absolute atomic E-state index is 0.0618. The second kappa shape index (κ2) is 6.68. The average Bonchev–Trinajstić information content (AvgIpc) is 2.51. The first-order valence-corrected chi connectivity index (χ1v) is 8.14. The number of aromatic nitrogens is 3. The Morgan fingerprint density at radius 2 is 2.04 bits per heavy atom. The summed E-state index contributed by atoms with van der Waals surface area (Å²) in [5, 5.41) is 22.1. The van der Waals surface area contributed by atoms with Crippen LogP contribution in [0.25, 0.3) is 11.3 Å². The first kappa shape index (κ1) is 16.0. The van der Waals surface area contributed by atoms with Crippen molar-refractivity contribution in [3.05, 3.63) is 28.9 Å². The summed E-state index contributed by atoms with van der Waals surface area (Å²) in [5.74, 6) is 0.536. The van der Waals surface area contributed by atoms with Gasteiger partial charge in [0.15, 0.2) is 0 Å². The lowest BCUT2D eigenvalue weighted by Gasteiger charge is -2.29. The normalized spacial score (nSPS) is 21.2. The van der Waals surface area contributed by atoms with Crippen molar-refractivity contribution in [2.75, 3.05) is 5.32 Å². The SMILES string of the molecule is Cc1nc(N[C@@H]2CCCC[C@H]2N)nnc1-c1ccc(Cl)cc1O. The van der Waals surface area contributed by atoms with Crippen LogP contribution in [0.2, 0.25) is 5.02 Å². The number of aromatic hydroxyl groups is 1. The third kappa shape index (κ3) is 3.54. The first-order valence-electron chi connectivity index (χ1n) is 7.77. The Bertz CT molecular complexity index is 709. The Kier molecular flexibility index (Phi) is 4.63. The highest BCUT2D eigenvalue weighted by Crippen LogP contribution is 2.31. The van der Waals surface area contributed by atoms with Crippen LogP contribution in [0.1, 0.15) is 31.4 Å². The highest BCUT2D eigenvalue weighted by atomic mass is 35.5. The maximum atomic E-state index is 10.0. The lowest BCUT2D eigenvalue weighted by molar-refractivity contribution is 0.402. The molecule has 3 rings (SSSR count).